The lowest BCUT2D eigenvalue weighted by Crippen LogP contribution is -2.50. The molecule has 3 rings (SSSR count). The van der Waals surface area contributed by atoms with E-state index in [4.69, 9.17) is 0 Å². The molecule has 1 unspecified atom stereocenters. The van der Waals surface area contributed by atoms with Crippen LogP contribution in [0.15, 0.2) is 60.7 Å². The van der Waals surface area contributed by atoms with Crippen molar-refractivity contribution in [3.05, 3.63) is 106 Å². The molecule has 39 heavy (non-hydrogen) atoms. The Kier molecular flexibility index (Phi) is 10.8. The van der Waals surface area contributed by atoms with Crippen LogP contribution in [-0.2, 0) is 24.2 Å². The average molecular weight is 545 g/mol. The van der Waals surface area contributed by atoms with Gasteiger partial charge >= 0.3 is 0 Å². The van der Waals surface area contributed by atoms with Crippen molar-refractivity contribution >= 4 is 11.7 Å². The molecule has 0 aliphatic rings. The fourth-order valence-corrected chi connectivity index (χ4v) is 4.22. The van der Waals surface area contributed by atoms with Gasteiger partial charge in [0, 0.05) is 37.1 Å². The molecule has 0 aliphatic heterocycles. The molecule has 3 atom stereocenters. The van der Waals surface area contributed by atoms with Crippen LogP contribution in [0.5, 0.6) is 0 Å². The summed E-state index contributed by atoms with van der Waals surface area (Å²) in [7, 11) is 0. The highest BCUT2D eigenvalue weighted by molar-refractivity contribution is 5.98. The summed E-state index contributed by atoms with van der Waals surface area (Å²) in [5.41, 5.74) is 2.34. The van der Waals surface area contributed by atoms with Crippen LogP contribution in [0.3, 0.4) is 0 Å². The summed E-state index contributed by atoms with van der Waals surface area (Å²) < 4.78 is 54.3. The van der Waals surface area contributed by atoms with Crippen LogP contribution in [0.25, 0.3) is 0 Å². The molecule has 0 heterocycles. The largest absolute Gasteiger partial charge is 0.390 e. The Hall–Kier alpha value is -3.56. The number of ketones is 1. The first kappa shape index (κ1) is 30.0. The van der Waals surface area contributed by atoms with Gasteiger partial charge in [0.25, 0.3) is 0 Å². The van der Waals surface area contributed by atoms with E-state index < -0.39 is 53.0 Å². The van der Waals surface area contributed by atoms with Crippen molar-refractivity contribution in [3.8, 4) is 0 Å². The zero-order valence-electron chi connectivity index (χ0n) is 21.8. The number of Topliss-reactive ketones (excluding diaryl/α,β-unsaturated/α-hetero) is 1. The Morgan fingerprint density at radius 2 is 1.56 bits per heavy atom. The van der Waals surface area contributed by atoms with Gasteiger partial charge in [-0.05, 0) is 59.9 Å². The van der Waals surface area contributed by atoms with Crippen LogP contribution in [0.2, 0.25) is 0 Å². The van der Waals surface area contributed by atoms with Gasteiger partial charge in [0.15, 0.2) is 17.4 Å². The number of carbonyl (C=O) groups excluding carboxylic acids is 2. The van der Waals surface area contributed by atoms with Gasteiger partial charge in [0.1, 0.15) is 11.6 Å². The number of nitrogens with one attached hydrogen (secondary N) is 2. The number of aliphatic hydroxyl groups is 1. The number of amides is 1. The Labute approximate surface area is 225 Å². The first-order chi connectivity index (χ1) is 18.5. The molecule has 5 nitrogen and oxygen atoms in total. The Balaban J connectivity index is 1.67. The summed E-state index contributed by atoms with van der Waals surface area (Å²) in [6.07, 6.45) is -0.617. The minimum Gasteiger partial charge on any atom is -0.390 e. The van der Waals surface area contributed by atoms with Gasteiger partial charge in [-0.25, -0.2) is 17.6 Å². The molecule has 9 heteroatoms. The first-order valence-corrected chi connectivity index (χ1v) is 12.8. The van der Waals surface area contributed by atoms with E-state index in [1.807, 2.05) is 31.2 Å². The molecule has 0 aromatic heterocycles. The highest BCUT2D eigenvalue weighted by Gasteiger charge is 2.26. The molecule has 0 radical (unpaired) electrons. The second-order valence-corrected chi connectivity index (χ2v) is 9.63. The molecule has 0 saturated heterocycles. The van der Waals surface area contributed by atoms with Gasteiger partial charge in [-0.2, -0.15) is 0 Å². The van der Waals surface area contributed by atoms with Crippen molar-refractivity contribution in [2.75, 3.05) is 6.54 Å². The van der Waals surface area contributed by atoms with E-state index in [1.54, 1.807) is 0 Å². The highest BCUT2D eigenvalue weighted by Crippen LogP contribution is 2.16. The maximum absolute atomic E-state index is 13.8. The molecule has 1 amide bonds. The molecule has 3 aromatic rings. The summed E-state index contributed by atoms with van der Waals surface area (Å²) in [5, 5.41) is 16.8. The van der Waals surface area contributed by atoms with Gasteiger partial charge in [-0.1, -0.05) is 38.1 Å². The first-order valence-electron chi connectivity index (χ1n) is 12.8. The quantitative estimate of drug-likeness (QED) is 0.212. The maximum atomic E-state index is 13.8. The summed E-state index contributed by atoms with van der Waals surface area (Å²) in [4.78, 5) is 25.5. The van der Waals surface area contributed by atoms with Gasteiger partial charge in [0.05, 0.1) is 12.1 Å². The predicted octanol–water partition coefficient (Wildman–Crippen LogP) is 4.89. The Morgan fingerprint density at radius 3 is 2.23 bits per heavy atom. The van der Waals surface area contributed by atoms with E-state index in [1.165, 1.54) is 12.5 Å². The monoisotopic (exact) mass is 544 g/mol. The van der Waals surface area contributed by atoms with Crippen LogP contribution in [0.1, 0.15) is 47.3 Å². The van der Waals surface area contributed by atoms with Gasteiger partial charge in [-0.15, -0.1) is 0 Å². The fourth-order valence-electron chi connectivity index (χ4n) is 4.22. The SMILES string of the molecule is CCc1cccc(CNC[C@H](O)[C@H](Cc2cc(F)cc(F)c2)NC(=O)C(C)CC(=O)c2ccc(F)c(F)c2)c1. The van der Waals surface area contributed by atoms with E-state index in [-0.39, 0.29) is 30.5 Å². The third kappa shape index (κ3) is 9.01. The van der Waals surface area contributed by atoms with Crippen LogP contribution in [0, 0.1) is 29.2 Å². The number of aliphatic hydroxyl groups excluding tert-OH is 1. The smallest absolute Gasteiger partial charge is 0.223 e. The lowest BCUT2D eigenvalue weighted by molar-refractivity contribution is -0.126. The molecule has 3 N–H and O–H groups in total. The van der Waals surface area contributed by atoms with Crippen molar-refractivity contribution in [3.63, 3.8) is 0 Å². The third-order valence-electron chi connectivity index (χ3n) is 6.43. The third-order valence-corrected chi connectivity index (χ3v) is 6.43. The number of carbonyl (C=O) groups is 2. The number of hydrogen-bond donors (Lipinski definition) is 3. The number of aryl methyl sites for hydroxylation is 1. The number of hydrogen-bond acceptors (Lipinski definition) is 4. The zero-order chi connectivity index (χ0) is 28.5. The normalized spacial score (nSPS) is 13.5. The minimum atomic E-state index is -1.17. The summed E-state index contributed by atoms with van der Waals surface area (Å²) in [6.45, 7) is 4.06. The lowest BCUT2D eigenvalue weighted by atomic mass is 9.96. The molecule has 0 bridgehead atoms. The topological polar surface area (TPSA) is 78.4 Å². The van der Waals surface area contributed by atoms with E-state index in [0.717, 1.165) is 48.4 Å². The van der Waals surface area contributed by atoms with Crippen molar-refractivity contribution < 1.29 is 32.3 Å². The van der Waals surface area contributed by atoms with Crippen LogP contribution in [0.4, 0.5) is 17.6 Å². The summed E-state index contributed by atoms with van der Waals surface area (Å²) in [6, 6.07) is 12.7. The molecule has 0 spiro atoms. The van der Waals surface area contributed by atoms with Crippen LogP contribution < -0.4 is 10.6 Å². The average Bonchev–Trinajstić information content (AvgIpc) is 2.89. The van der Waals surface area contributed by atoms with E-state index in [0.29, 0.717) is 6.54 Å². The second-order valence-electron chi connectivity index (χ2n) is 9.63. The number of halogens is 4. The molecule has 0 aliphatic carbocycles. The fraction of sp³-hybridized carbons (Fsp3) is 0.333. The number of benzene rings is 3. The van der Waals surface area contributed by atoms with E-state index >= 15 is 0 Å². The number of rotatable bonds is 13. The molecular formula is C30H32F4N2O3. The van der Waals surface area contributed by atoms with Crippen LogP contribution >= 0.6 is 0 Å². The van der Waals surface area contributed by atoms with Crippen molar-refractivity contribution in [2.45, 2.75) is 51.8 Å². The molecule has 208 valence electrons. The van der Waals surface area contributed by atoms with Crippen LogP contribution in [-0.4, -0.2) is 35.5 Å². The molecule has 0 fully saturated rings. The minimum absolute atomic E-state index is 0.0707. The van der Waals surface area contributed by atoms with Crippen molar-refractivity contribution in [2.24, 2.45) is 5.92 Å². The van der Waals surface area contributed by atoms with Gasteiger partial charge in [-0.3, -0.25) is 9.59 Å². The summed E-state index contributed by atoms with van der Waals surface area (Å²) >= 11 is 0. The molecular weight excluding hydrogens is 512 g/mol. The van der Waals surface area contributed by atoms with E-state index in [9.17, 15) is 32.3 Å². The second kappa shape index (κ2) is 14.0. The van der Waals surface area contributed by atoms with Crippen molar-refractivity contribution in [1.82, 2.24) is 10.6 Å². The van der Waals surface area contributed by atoms with Gasteiger partial charge in [0.2, 0.25) is 5.91 Å². The molecule has 0 saturated carbocycles. The maximum Gasteiger partial charge on any atom is 0.223 e. The van der Waals surface area contributed by atoms with Crippen molar-refractivity contribution in [1.29, 1.82) is 0 Å². The predicted molar refractivity (Wildman–Crippen MR) is 140 cm³/mol. The standard InChI is InChI=1S/C30H32F4N2O3/c1-3-19-5-4-6-20(10-19)16-35-17-29(38)27(13-21-11-23(31)15-24(32)12-21)36-30(39)18(2)9-28(37)22-7-8-25(33)26(34)14-22/h4-8,10-12,14-15,18,27,29,35,38H,3,9,13,16-17H2,1-2H3,(H,36,39)/t18?,27-,29-/m0/s1. The van der Waals surface area contributed by atoms with Gasteiger partial charge < -0.3 is 15.7 Å². The lowest BCUT2D eigenvalue weighted by Gasteiger charge is -2.26. The Morgan fingerprint density at radius 1 is 0.872 bits per heavy atom. The highest BCUT2D eigenvalue weighted by atomic mass is 19.2. The van der Waals surface area contributed by atoms with E-state index in [2.05, 4.69) is 10.6 Å². The zero-order valence-corrected chi connectivity index (χ0v) is 21.8. The molecule has 3 aromatic carbocycles. The summed E-state index contributed by atoms with van der Waals surface area (Å²) in [5.74, 6) is -5.85. The Bertz CT molecular complexity index is 1280.